The Kier molecular flexibility index (Phi) is 4.60. The molecule has 3 unspecified atom stereocenters. The fourth-order valence-corrected chi connectivity index (χ4v) is 4.54. The number of hydrogen-bond acceptors (Lipinski definition) is 3. The van der Waals surface area contributed by atoms with Crippen molar-refractivity contribution in [1.82, 2.24) is 5.43 Å². The second-order valence-corrected chi connectivity index (χ2v) is 7.50. The van der Waals surface area contributed by atoms with E-state index in [-0.39, 0.29) is 0 Å². The summed E-state index contributed by atoms with van der Waals surface area (Å²) in [6, 6.07) is 18.0. The average molecular weight is 348 g/mol. The second-order valence-electron chi connectivity index (χ2n) is 7.50. The topological polar surface area (TPSA) is 61.7 Å². The van der Waals surface area contributed by atoms with Gasteiger partial charge in [0.25, 0.3) is 5.91 Å². The van der Waals surface area contributed by atoms with E-state index in [0.29, 0.717) is 23.0 Å². The summed E-state index contributed by atoms with van der Waals surface area (Å²) in [5, 5.41) is 15.5. The van der Waals surface area contributed by atoms with Crippen LogP contribution < -0.4 is 5.43 Å². The Labute approximate surface area is 153 Å². The lowest BCUT2D eigenvalue weighted by atomic mass is 9.85. The number of nitrogens with one attached hydrogen (secondary N) is 1. The number of aliphatic hydroxyl groups is 1. The molecule has 1 amide bonds. The van der Waals surface area contributed by atoms with Crippen molar-refractivity contribution in [3.63, 3.8) is 0 Å². The summed E-state index contributed by atoms with van der Waals surface area (Å²) in [5.41, 5.74) is 1.87. The molecule has 0 radical (unpaired) electrons. The number of amides is 1. The zero-order valence-corrected chi connectivity index (χ0v) is 14.7. The molecule has 4 rings (SSSR count). The quantitative estimate of drug-likeness (QED) is 0.642. The minimum atomic E-state index is -1.77. The van der Waals surface area contributed by atoms with Crippen molar-refractivity contribution in [3.05, 3.63) is 71.8 Å². The van der Waals surface area contributed by atoms with E-state index >= 15 is 0 Å². The van der Waals surface area contributed by atoms with Gasteiger partial charge in [-0.25, -0.2) is 5.43 Å². The summed E-state index contributed by atoms with van der Waals surface area (Å²) in [7, 11) is 0. The number of rotatable bonds is 5. The van der Waals surface area contributed by atoms with Crippen LogP contribution in [0.25, 0.3) is 0 Å². The Morgan fingerprint density at radius 3 is 2.12 bits per heavy atom. The molecule has 134 valence electrons. The SMILES string of the molecule is O=C(NN=CC1CC2CCC1C2)C(O)(c1ccccc1)c1ccccc1. The van der Waals surface area contributed by atoms with Gasteiger partial charge in [0.1, 0.15) is 0 Å². The third-order valence-corrected chi connectivity index (χ3v) is 5.94. The van der Waals surface area contributed by atoms with Crippen molar-refractivity contribution >= 4 is 12.1 Å². The Morgan fingerprint density at radius 1 is 1.00 bits per heavy atom. The van der Waals surface area contributed by atoms with E-state index in [1.807, 2.05) is 42.6 Å². The van der Waals surface area contributed by atoms with Crippen LogP contribution >= 0.6 is 0 Å². The summed E-state index contributed by atoms with van der Waals surface area (Å²) in [5.74, 6) is 1.46. The monoisotopic (exact) mass is 348 g/mol. The van der Waals surface area contributed by atoms with Gasteiger partial charge in [0.2, 0.25) is 0 Å². The van der Waals surface area contributed by atoms with E-state index in [1.54, 1.807) is 24.3 Å². The lowest BCUT2D eigenvalue weighted by Crippen LogP contribution is -2.43. The van der Waals surface area contributed by atoms with Crippen LogP contribution in [0.4, 0.5) is 0 Å². The van der Waals surface area contributed by atoms with E-state index in [2.05, 4.69) is 10.5 Å². The maximum absolute atomic E-state index is 12.9. The first-order valence-electron chi connectivity index (χ1n) is 9.35. The Morgan fingerprint density at radius 2 is 1.62 bits per heavy atom. The minimum absolute atomic E-state index is 0.454. The largest absolute Gasteiger partial charge is 0.372 e. The van der Waals surface area contributed by atoms with Crippen molar-refractivity contribution in [1.29, 1.82) is 0 Å². The molecular weight excluding hydrogens is 324 g/mol. The van der Waals surface area contributed by atoms with Gasteiger partial charge in [-0.2, -0.15) is 5.10 Å². The van der Waals surface area contributed by atoms with E-state index < -0.39 is 11.5 Å². The number of benzene rings is 2. The highest BCUT2D eigenvalue weighted by molar-refractivity contribution is 5.90. The van der Waals surface area contributed by atoms with Crippen LogP contribution in [-0.4, -0.2) is 17.2 Å². The summed E-state index contributed by atoms with van der Waals surface area (Å²) < 4.78 is 0. The molecule has 0 heterocycles. The third-order valence-electron chi connectivity index (χ3n) is 5.94. The molecule has 0 aromatic heterocycles. The molecule has 0 aliphatic heterocycles. The van der Waals surface area contributed by atoms with Crippen LogP contribution in [-0.2, 0) is 10.4 Å². The van der Waals surface area contributed by atoms with Gasteiger partial charge >= 0.3 is 0 Å². The van der Waals surface area contributed by atoms with Gasteiger partial charge in [-0.1, -0.05) is 67.1 Å². The summed E-state index contributed by atoms with van der Waals surface area (Å²) in [6.45, 7) is 0. The Balaban J connectivity index is 1.55. The first-order chi connectivity index (χ1) is 12.7. The van der Waals surface area contributed by atoms with Gasteiger partial charge < -0.3 is 5.11 Å². The van der Waals surface area contributed by atoms with E-state index in [1.165, 1.54) is 25.7 Å². The van der Waals surface area contributed by atoms with Crippen molar-refractivity contribution in [2.75, 3.05) is 0 Å². The zero-order valence-electron chi connectivity index (χ0n) is 14.7. The van der Waals surface area contributed by atoms with Crippen molar-refractivity contribution in [2.24, 2.45) is 22.9 Å². The Bertz CT molecular complexity index is 749. The zero-order chi connectivity index (χ0) is 18.0. The summed E-state index contributed by atoms with van der Waals surface area (Å²) >= 11 is 0. The molecule has 2 aromatic carbocycles. The lowest BCUT2D eigenvalue weighted by Gasteiger charge is -2.27. The normalized spacial score (nSPS) is 24.9. The average Bonchev–Trinajstić information content (AvgIpc) is 3.32. The summed E-state index contributed by atoms with van der Waals surface area (Å²) in [6.07, 6.45) is 6.95. The second kappa shape index (κ2) is 7.04. The smallest absolute Gasteiger partial charge is 0.281 e. The maximum atomic E-state index is 12.9. The first kappa shape index (κ1) is 17.0. The molecule has 0 saturated heterocycles. The van der Waals surface area contributed by atoms with E-state index in [0.717, 1.165) is 5.92 Å². The van der Waals surface area contributed by atoms with Gasteiger partial charge in [0.05, 0.1) is 0 Å². The van der Waals surface area contributed by atoms with E-state index in [9.17, 15) is 9.90 Å². The van der Waals surface area contributed by atoms with Crippen LogP contribution in [0.15, 0.2) is 65.8 Å². The maximum Gasteiger partial charge on any atom is 0.281 e. The number of hydrogen-bond donors (Lipinski definition) is 2. The van der Waals surface area contributed by atoms with Crippen LogP contribution in [0, 0.1) is 17.8 Å². The molecule has 2 fully saturated rings. The fraction of sp³-hybridized carbons (Fsp3) is 0.364. The van der Waals surface area contributed by atoms with Crippen LogP contribution in [0.5, 0.6) is 0 Å². The predicted molar refractivity (Wildman–Crippen MR) is 101 cm³/mol. The molecule has 2 aromatic rings. The van der Waals surface area contributed by atoms with Gasteiger partial charge in [0.15, 0.2) is 5.60 Å². The molecule has 2 aliphatic rings. The molecule has 4 heteroatoms. The number of fused-ring (bicyclic) bond motifs is 2. The van der Waals surface area contributed by atoms with Gasteiger partial charge in [0, 0.05) is 6.21 Å². The fourth-order valence-electron chi connectivity index (χ4n) is 4.54. The Hall–Kier alpha value is -2.46. The highest BCUT2D eigenvalue weighted by Crippen LogP contribution is 2.47. The van der Waals surface area contributed by atoms with Crippen molar-refractivity contribution in [3.8, 4) is 0 Å². The first-order valence-corrected chi connectivity index (χ1v) is 9.35. The van der Waals surface area contributed by atoms with Gasteiger partial charge in [-0.05, 0) is 48.1 Å². The predicted octanol–water partition coefficient (Wildman–Crippen LogP) is 3.46. The van der Waals surface area contributed by atoms with Gasteiger partial charge in [-0.15, -0.1) is 0 Å². The molecule has 2 saturated carbocycles. The van der Waals surface area contributed by atoms with Crippen LogP contribution in [0.2, 0.25) is 0 Å². The van der Waals surface area contributed by atoms with E-state index in [4.69, 9.17) is 0 Å². The highest BCUT2D eigenvalue weighted by Gasteiger charge is 2.41. The molecule has 2 bridgehead atoms. The van der Waals surface area contributed by atoms with Crippen LogP contribution in [0.3, 0.4) is 0 Å². The molecule has 2 N–H and O–H groups in total. The van der Waals surface area contributed by atoms with Crippen LogP contribution in [0.1, 0.15) is 36.8 Å². The molecule has 4 nitrogen and oxygen atoms in total. The molecule has 2 aliphatic carbocycles. The standard InChI is InChI=1S/C22H24N2O2/c25-21(24-23-15-18-14-16-11-12-17(18)13-16)22(26,19-7-3-1-4-8-19)20-9-5-2-6-10-20/h1-10,15-18,26H,11-14H2,(H,24,25). The van der Waals surface area contributed by atoms with Gasteiger partial charge in [-0.3, -0.25) is 4.79 Å². The molecule has 26 heavy (non-hydrogen) atoms. The number of carbonyl (C=O) groups excluding carboxylic acids is 1. The third kappa shape index (κ3) is 3.06. The van der Waals surface area contributed by atoms with Crippen molar-refractivity contribution in [2.45, 2.75) is 31.3 Å². The molecular formula is C22H24N2O2. The number of hydrazone groups is 1. The number of carbonyl (C=O) groups is 1. The minimum Gasteiger partial charge on any atom is -0.372 e. The molecule has 0 spiro atoms. The summed E-state index contributed by atoms with van der Waals surface area (Å²) in [4.78, 5) is 12.9. The highest BCUT2D eigenvalue weighted by atomic mass is 16.3. The molecule has 3 atom stereocenters. The lowest BCUT2D eigenvalue weighted by molar-refractivity contribution is -0.136. The number of nitrogens with zero attached hydrogens (tertiary/aromatic N) is 1. The van der Waals surface area contributed by atoms with Crippen molar-refractivity contribution < 1.29 is 9.90 Å².